The summed E-state index contributed by atoms with van der Waals surface area (Å²) in [6, 6.07) is 0. The van der Waals surface area contributed by atoms with Crippen LogP contribution in [0.4, 0.5) is 0 Å². The molecule has 3 heteroatoms. The van der Waals surface area contributed by atoms with Gasteiger partial charge in [-0.2, -0.15) is 0 Å². The third kappa shape index (κ3) is 5.28. The summed E-state index contributed by atoms with van der Waals surface area (Å²) in [5.41, 5.74) is 0.699. The average molecular weight is 141 g/mol. The zero-order chi connectivity index (χ0) is 7.82. The van der Waals surface area contributed by atoms with Crippen LogP contribution in [-0.2, 0) is 4.79 Å². The number of rotatable bonds is 6. The summed E-state index contributed by atoms with van der Waals surface area (Å²) in [6.45, 7) is 2.58. The van der Waals surface area contributed by atoms with E-state index >= 15 is 0 Å². The van der Waals surface area contributed by atoms with Crippen molar-refractivity contribution in [1.82, 2.24) is 5.32 Å². The smallest absolute Gasteiger partial charge is 0.309 e. The van der Waals surface area contributed by atoms with Crippen molar-refractivity contribution in [2.75, 3.05) is 6.54 Å². The van der Waals surface area contributed by atoms with Crippen LogP contribution in [0.3, 0.4) is 0 Å². The Morgan fingerprint density at radius 1 is 1.60 bits per heavy atom. The van der Waals surface area contributed by atoms with Crippen molar-refractivity contribution in [3.8, 4) is 0 Å². The molecule has 0 heterocycles. The second-order valence-electron chi connectivity index (χ2n) is 2.13. The Morgan fingerprint density at radius 2 is 2.30 bits per heavy atom. The molecule has 57 valence electrons. The standard InChI is InChI=1S/C7H13N2O/c1-2-3-7(8)4-5-9-6-10/h8H,2-5H2,1H3,(H,9,10). The number of hydrogen-bond acceptors (Lipinski definition) is 2. The highest BCUT2D eigenvalue weighted by Crippen LogP contribution is 1.92. The van der Waals surface area contributed by atoms with E-state index in [1.54, 1.807) is 6.41 Å². The van der Waals surface area contributed by atoms with Crippen LogP contribution < -0.4 is 5.32 Å². The van der Waals surface area contributed by atoms with Crippen LogP contribution in [0.2, 0.25) is 0 Å². The third-order valence-electron chi connectivity index (χ3n) is 1.18. The van der Waals surface area contributed by atoms with Gasteiger partial charge in [-0.15, -0.1) is 0 Å². The molecule has 0 aromatic heterocycles. The lowest BCUT2D eigenvalue weighted by molar-refractivity contribution is 0.543. The van der Waals surface area contributed by atoms with Gasteiger partial charge < -0.3 is 10.7 Å². The summed E-state index contributed by atoms with van der Waals surface area (Å²) >= 11 is 0. The van der Waals surface area contributed by atoms with Crippen LogP contribution in [0.5, 0.6) is 0 Å². The molecule has 0 aliphatic rings. The van der Waals surface area contributed by atoms with Crippen molar-refractivity contribution in [1.29, 1.82) is 5.41 Å². The normalized spacial score (nSPS) is 8.90. The molecule has 0 bridgehead atoms. The summed E-state index contributed by atoms with van der Waals surface area (Å²) < 4.78 is 0. The molecule has 0 aliphatic carbocycles. The molecule has 0 aromatic carbocycles. The van der Waals surface area contributed by atoms with E-state index in [0.29, 0.717) is 18.7 Å². The van der Waals surface area contributed by atoms with E-state index in [-0.39, 0.29) is 0 Å². The molecule has 0 atom stereocenters. The Labute approximate surface area is 61.3 Å². The molecule has 0 spiro atoms. The largest absolute Gasteiger partial charge is 0.347 e. The second-order valence-corrected chi connectivity index (χ2v) is 2.13. The molecule has 0 fully saturated rings. The van der Waals surface area contributed by atoms with E-state index in [9.17, 15) is 4.79 Å². The van der Waals surface area contributed by atoms with Gasteiger partial charge in [-0.25, -0.2) is 0 Å². The topological polar surface area (TPSA) is 53.0 Å². The fourth-order valence-corrected chi connectivity index (χ4v) is 0.691. The first-order valence-corrected chi connectivity index (χ1v) is 3.47. The highest BCUT2D eigenvalue weighted by Gasteiger charge is 1.93. The molecule has 2 N–H and O–H groups in total. The summed E-state index contributed by atoms with van der Waals surface area (Å²) in [5.74, 6) is 0. The van der Waals surface area contributed by atoms with Gasteiger partial charge in [0.05, 0.1) is 0 Å². The Morgan fingerprint density at radius 3 is 2.80 bits per heavy atom. The lowest BCUT2D eigenvalue weighted by atomic mass is 10.2. The molecule has 0 saturated heterocycles. The molecule has 0 unspecified atom stereocenters. The Kier molecular flexibility index (Phi) is 5.72. The molecule has 3 nitrogen and oxygen atoms in total. The molecule has 0 aromatic rings. The van der Waals surface area contributed by atoms with Crippen LogP contribution in [0, 0.1) is 5.41 Å². The SMILES string of the molecule is CCCC(=N)CCN[C]=O. The zero-order valence-corrected chi connectivity index (χ0v) is 6.24. The van der Waals surface area contributed by atoms with Gasteiger partial charge in [-0.1, -0.05) is 13.3 Å². The predicted molar refractivity (Wildman–Crippen MR) is 40.9 cm³/mol. The second kappa shape index (κ2) is 6.26. The number of amides is 1. The van der Waals surface area contributed by atoms with Gasteiger partial charge in [0.1, 0.15) is 0 Å². The fraction of sp³-hybridized carbons (Fsp3) is 0.714. The molecular weight excluding hydrogens is 128 g/mol. The van der Waals surface area contributed by atoms with Crippen molar-refractivity contribution in [2.24, 2.45) is 0 Å². The van der Waals surface area contributed by atoms with Crippen LogP contribution in [0.25, 0.3) is 0 Å². The first-order chi connectivity index (χ1) is 4.81. The molecule has 1 radical (unpaired) electrons. The van der Waals surface area contributed by atoms with Crippen LogP contribution >= 0.6 is 0 Å². The van der Waals surface area contributed by atoms with Crippen LogP contribution in [0.15, 0.2) is 0 Å². The Balaban J connectivity index is 3.13. The first-order valence-electron chi connectivity index (χ1n) is 3.47. The zero-order valence-electron chi connectivity index (χ0n) is 6.24. The lowest BCUT2D eigenvalue weighted by Crippen LogP contribution is -2.15. The monoisotopic (exact) mass is 141 g/mol. The summed E-state index contributed by atoms with van der Waals surface area (Å²) in [4.78, 5) is 9.64. The number of carbonyl (C=O) groups excluding carboxylic acids is 1. The maximum absolute atomic E-state index is 9.64. The van der Waals surface area contributed by atoms with Gasteiger partial charge in [0.25, 0.3) is 0 Å². The predicted octanol–water partition coefficient (Wildman–Crippen LogP) is 0.853. The van der Waals surface area contributed by atoms with E-state index in [1.807, 2.05) is 6.92 Å². The van der Waals surface area contributed by atoms with Crippen molar-refractivity contribution in [3.63, 3.8) is 0 Å². The fourth-order valence-electron chi connectivity index (χ4n) is 0.691. The lowest BCUT2D eigenvalue weighted by Gasteiger charge is -1.98. The van der Waals surface area contributed by atoms with Crippen LogP contribution in [-0.4, -0.2) is 18.7 Å². The maximum atomic E-state index is 9.64. The van der Waals surface area contributed by atoms with E-state index in [1.165, 1.54) is 0 Å². The Hall–Kier alpha value is -0.860. The summed E-state index contributed by atoms with van der Waals surface area (Å²) in [6.07, 6.45) is 4.06. The van der Waals surface area contributed by atoms with Gasteiger partial charge in [0.15, 0.2) is 0 Å². The van der Waals surface area contributed by atoms with Gasteiger partial charge >= 0.3 is 6.41 Å². The van der Waals surface area contributed by atoms with Crippen molar-refractivity contribution < 1.29 is 4.79 Å². The quantitative estimate of drug-likeness (QED) is 0.321. The number of hydrogen-bond donors (Lipinski definition) is 2. The maximum Gasteiger partial charge on any atom is 0.309 e. The minimum atomic E-state index is 0.544. The first kappa shape index (κ1) is 9.14. The highest BCUT2D eigenvalue weighted by atomic mass is 16.1. The minimum Gasteiger partial charge on any atom is -0.347 e. The molecule has 0 saturated carbocycles. The Bertz CT molecular complexity index is 112. The minimum absolute atomic E-state index is 0.544. The van der Waals surface area contributed by atoms with Crippen molar-refractivity contribution in [2.45, 2.75) is 26.2 Å². The van der Waals surface area contributed by atoms with Gasteiger partial charge in [-0.3, -0.25) is 4.79 Å². The molecular formula is C7H13N2O. The van der Waals surface area contributed by atoms with Crippen molar-refractivity contribution >= 4 is 12.1 Å². The molecule has 0 rings (SSSR count). The van der Waals surface area contributed by atoms with E-state index in [2.05, 4.69) is 5.32 Å². The average Bonchev–Trinajstić information content (AvgIpc) is 1.89. The van der Waals surface area contributed by atoms with Gasteiger partial charge in [-0.05, 0) is 6.42 Å². The van der Waals surface area contributed by atoms with E-state index in [4.69, 9.17) is 5.41 Å². The third-order valence-corrected chi connectivity index (χ3v) is 1.18. The highest BCUT2D eigenvalue weighted by molar-refractivity contribution is 5.81. The van der Waals surface area contributed by atoms with E-state index in [0.717, 1.165) is 12.8 Å². The van der Waals surface area contributed by atoms with Gasteiger partial charge in [0, 0.05) is 18.7 Å². The van der Waals surface area contributed by atoms with E-state index < -0.39 is 0 Å². The molecule has 0 aliphatic heterocycles. The van der Waals surface area contributed by atoms with Gasteiger partial charge in [0.2, 0.25) is 0 Å². The summed E-state index contributed by atoms with van der Waals surface area (Å²) in [5, 5.41) is 9.69. The molecule has 10 heavy (non-hydrogen) atoms. The molecule has 1 amide bonds. The van der Waals surface area contributed by atoms with Crippen LogP contribution in [0.1, 0.15) is 26.2 Å². The summed E-state index contributed by atoms with van der Waals surface area (Å²) in [7, 11) is 0. The van der Waals surface area contributed by atoms with Crippen molar-refractivity contribution in [3.05, 3.63) is 0 Å². The number of nitrogens with one attached hydrogen (secondary N) is 2.